The van der Waals surface area contributed by atoms with E-state index in [1.54, 1.807) is 29.2 Å². The van der Waals surface area contributed by atoms with Crippen molar-refractivity contribution in [1.82, 2.24) is 0 Å². The third-order valence-corrected chi connectivity index (χ3v) is 5.93. The molecule has 0 saturated carbocycles. The molecule has 0 N–H and O–H groups in total. The van der Waals surface area contributed by atoms with Crippen LogP contribution < -0.4 is 13.9 Å². The highest BCUT2D eigenvalue weighted by Gasteiger charge is 2.38. The highest BCUT2D eigenvalue weighted by molar-refractivity contribution is 7.92. The summed E-state index contributed by atoms with van der Waals surface area (Å²) in [5.74, 6) is 0.202. The molecule has 2 aromatic rings. The molecule has 0 spiro atoms. The van der Waals surface area contributed by atoms with E-state index in [-0.39, 0.29) is 12.5 Å². The lowest BCUT2D eigenvalue weighted by atomic mass is 10.0. The summed E-state index contributed by atoms with van der Waals surface area (Å²) < 4.78 is 31.6. The molecule has 0 bridgehead atoms. The number of para-hydroxylation sites is 3. The number of sulfonamides is 1. The number of hydrogen-bond donors (Lipinski definition) is 0. The maximum Gasteiger partial charge on any atom is 0.269 e. The number of rotatable bonds is 2. The molecule has 1 atom stereocenters. The number of aryl methyl sites for hydroxylation is 1. The largest absolute Gasteiger partial charge is 0.476 e. The van der Waals surface area contributed by atoms with Crippen molar-refractivity contribution < 1.29 is 17.9 Å². The van der Waals surface area contributed by atoms with Crippen molar-refractivity contribution >= 4 is 27.3 Å². The molecule has 4 rings (SSSR count). The van der Waals surface area contributed by atoms with Gasteiger partial charge in [-0.1, -0.05) is 30.3 Å². The van der Waals surface area contributed by atoms with Gasteiger partial charge in [-0.2, -0.15) is 0 Å². The maximum absolute atomic E-state index is 13.2. The van der Waals surface area contributed by atoms with Crippen LogP contribution in [0.2, 0.25) is 0 Å². The van der Waals surface area contributed by atoms with Crippen LogP contribution in [0.25, 0.3) is 0 Å². The van der Waals surface area contributed by atoms with E-state index in [1.165, 1.54) is 4.31 Å². The molecule has 0 radical (unpaired) electrons. The Balaban J connectivity index is 1.68. The Labute approximate surface area is 153 Å². The number of ether oxygens (including phenoxy) is 1. The van der Waals surface area contributed by atoms with Crippen molar-refractivity contribution in [3.05, 3.63) is 54.1 Å². The molecule has 2 aromatic carbocycles. The second-order valence-corrected chi connectivity index (χ2v) is 8.50. The van der Waals surface area contributed by atoms with Crippen molar-refractivity contribution in [3.63, 3.8) is 0 Å². The van der Waals surface area contributed by atoms with Gasteiger partial charge in [0.15, 0.2) is 6.10 Å². The lowest BCUT2D eigenvalue weighted by Crippen LogP contribution is -2.52. The van der Waals surface area contributed by atoms with Crippen LogP contribution in [0.3, 0.4) is 0 Å². The molecule has 0 fully saturated rings. The fraction of sp³-hybridized carbons (Fsp3) is 0.316. The summed E-state index contributed by atoms with van der Waals surface area (Å²) >= 11 is 0. The number of carbonyl (C=O) groups is 1. The minimum atomic E-state index is -3.51. The lowest BCUT2D eigenvalue weighted by Gasteiger charge is -2.37. The van der Waals surface area contributed by atoms with Crippen LogP contribution in [0.15, 0.2) is 48.5 Å². The summed E-state index contributed by atoms with van der Waals surface area (Å²) in [6.07, 6.45) is 2.09. The first-order valence-electron chi connectivity index (χ1n) is 8.58. The molecule has 7 heteroatoms. The Hall–Kier alpha value is -2.54. The zero-order valence-electron chi connectivity index (χ0n) is 14.5. The van der Waals surface area contributed by atoms with Gasteiger partial charge in [0.25, 0.3) is 5.91 Å². The number of benzene rings is 2. The Bertz CT molecular complexity index is 958. The Morgan fingerprint density at radius 3 is 2.54 bits per heavy atom. The molecule has 136 valence electrons. The number of nitrogens with zero attached hydrogens (tertiary/aromatic N) is 2. The minimum Gasteiger partial charge on any atom is -0.476 e. The maximum atomic E-state index is 13.2. The predicted molar refractivity (Wildman–Crippen MR) is 100 cm³/mol. The van der Waals surface area contributed by atoms with E-state index < -0.39 is 16.1 Å². The van der Waals surface area contributed by atoms with Gasteiger partial charge < -0.3 is 9.64 Å². The smallest absolute Gasteiger partial charge is 0.269 e. The van der Waals surface area contributed by atoms with Crippen molar-refractivity contribution in [2.24, 2.45) is 0 Å². The van der Waals surface area contributed by atoms with Gasteiger partial charge in [-0.3, -0.25) is 9.10 Å². The summed E-state index contributed by atoms with van der Waals surface area (Å²) in [5.41, 5.74) is 2.48. The number of fused-ring (bicyclic) bond motifs is 2. The van der Waals surface area contributed by atoms with Crippen molar-refractivity contribution in [2.45, 2.75) is 18.9 Å². The molecule has 2 aliphatic heterocycles. The van der Waals surface area contributed by atoms with Gasteiger partial charge in [-0.05, 0) is 36.6 Å². The average Bonchev–Trinajstić information content (AvgIpc) is 2.65. The summed E-state index contributed by atoms with van der Waals surface area (Å²) in [5, 5.41) is 0. The van der Waals surface area contributed by atoms with Crippen molar-refractivity contribution in [3.8, 4) is 5.75 Å². The fourth-order valence-electron chi connectivity index (χ4n) is 3.58. The summed E-state index contributed by atoms with van der Waals surface area (Å²) in [6, 6.07) is 14.7. The van der Waals surface area contributed by atoms with Gasteiger partial charge in [0.05, 0.1) is 18.5 Å². The molecule has 2 aliphatic rings. The highest BCUT2D eigenvalue weighted by Crippen LogP contribution is 2.36. The van der Waals surface area contributed by atoms with Crippen LogP contribution in [-0.2, 0) is 21.2 Å². The van der Waals surface area contributed by atoms with Crippen LogP contribution in [0, 0.1) is 0 Å². The second-order valence-electron chi connectivity index (χ2n) is 6.59. The summed E-state index contributed by atoms with van der Waals surface area (Å²) in [6.45, 7) is 0.587. The van der Waals surface area contributed by atoms with Crippen LogP contribution in [-0.4, -0.2) is 39.8 Å². The van der Waals surface area contributed by atoms with Gasteiger partial charge in [-0.15, -0.1) is 0 Å². The lowest BCUT2D eigenvalue weighted by molar-refractivity contribution is -0.125. The van der Waals surface area contributed by atoms with Gasteiger partial charge in [0.1, 0.15) is 5.75 Å². The van der Waals surface area contributed by atoms with Crippen molar-refractivity contribution in [1.29, 1.82) is 0 Å². The Kier molecular flexibility index (Phi) is 4.11. The zero-order chi connectivity index (χ0) is 18.3. The SMILES string of the molecule is CS(=O)(=O)N1C[C@H](C(=O)N2CCCc3ccccc32)Oc2ccccc21. The first kappa shape index (κ1) is 16.9. The van der Waals surface area contributed by atoms with E-state index >= 15 is 0 Å². The quantitative estimate of drug-likeness (QED) is 0.811. The van der Waals surface area contributed by atoms with Gasteiger partial charge in [-0.25, -0.2) is 8.42 Å². The molecule has 0 aliphatic carbocycles. The number of carbonyl (C=O) groups excluding carboxylic acids is 1. The predicted octanol–water partition coefficient (Wildman–Crippen LogP) is 2.19. The standard InChI is InChI=1S/C19H20N2O4S/c1-26(23,24)21-13-18(25-17-11-5-4-10-16(17)21)19(22)20-12-6-8-14-7-2-3-9-15(14)20/h2-5,7,9-11,18H,6,8,12-13H2,1H3/t18-/m1/s1. The molecule has 6 nitrogen and oxygen atoms in total. The Morgan fingerprint density at radius 1 is 1.08 bits per heavy atom. The van der Waals surface area contributed by atoms with Crippen LogP contribution in [0.5, 0.6) is 5.75 Å². The Morgan fingerprint density at radius 2 is 1.77 bits per heavy atom. The molecule has 26 heavy (non-hydrogen) atoms. The second kappa shape index (κ2) is 6.32. The van der Waals surface area contributed by atoms with E-state index in [9.17, 15) is 13.2 Å². The normalized spacial score (nSPS) is 19.3. The third-order valence-electron chi connectivity index (χ3n) is 4.79. The van der Waals surface area contributed by atoms with Gasteiger partial charge in [0, 0.05) is 12.2 Å². The summed E-state index contributed by atoms with van der Waals surface area (Å²) in [4.78, 5) is 14.9. The van der Waals surface area contributed by atoms with Gasteiger partial charge in [0.2, 0.25) is 10.0 Å². The number of anilines is 2. The van der Waals surface area contributed by atoms with Crippen LogP contribution in [0.1, 0.15) is 12.0 Å². The zero-order valence-corrected chi connectivity index (χ0v) is 15.3. The first-order chi connectivity index (χ1) is 12.4. The highest BCUT2D eigenvalue weighted by atomic mass is 32.2. The molecule has 0 saturated heterocycles. The van der Waals surface area contributed by atoms with E-state index in [1.807, 2.05) is 24.3 Å². The van der Waals surface area contributed by atoms with Crippen LogP contribution in [0.4, 0.5) is 11.4 Å². The third kappa shape index (κ3) is 2.92. The molecule has 1 amide bonds. The topological polar surface area (TPSA) is 66.9 Å². The molecule has 2 heterocycles. The van der Waals surface area contributed by atoms with E-state index in [4.69, 9.17) is 4.74 Å². The number of amides is 1. The van der Waals surface area contributed by atoms with Crippen LogP contribution >= 0.6 is 0 Å². The first-order valence-corrected chi connectivity index (χ1v) is 10.4. The molecule has 0 unspecified atom stereocenters. The average molecular weight is 372 g/mol. The molecular weight excluding hydrogens is 352 g/mol. The number of hydrogen-bond acceptors (Lipinski definition) is 4. The monoisotopic (exact) mass is 372 g/mol. The minimum absolute atomic E-state index is 0.0205. The molecular formula is C19H20N2O4S. The van der Waals surface area contributed by atoms with E-state index in [2.05, 4.69) is 0 Å². The summed E-state index contributed by atoms with van der Waals surface area (Å²) in [7, 11) is -3.51. The van der Waals surface area contributed by atoms with Gasteiger partial charge >= 0.3 is 0 Å². The fourth-order valence-corrected chi connectivity index (χ4v) is 4.50. The van der Waals surface area contributed by atoms with E-state index in [0.717, 1.165) is 30.3 Å². The van der Waals surface area contributed by atoms with Crippen molar-refractivity contribution in [2.75, 3.05) is 28.6 Å². The van der Waals surface area contributed by atoms with E-state index in [0.29, 0.717) is 18.0 Å². The molecule has 0 aromatic heterocycles.